The van der Waals surface area contributed by atoms with Gasteiger partial charge in [0, 0.05) is 6.54 Å². The highest BCUT2D eigenvalue weighted by molar-refractivity contribution is 6.31. The van der Waals surface area contributed by atoms with Crippen molar-refractivity contribution in [3.63, 3.8) is 0 Å². The molecule has 1 N–H and O–H groups in total. The summed E-state index contributed by atoms with van der Waals surface area (Å²) >= 11 is 6.32. The summed E-state index contributed by atoms with van der Waals surface area (Å²) in [6.07, 6.45) is 5.70. The molecule has 102 valence electrons. The van der Waals surface area contributed by atoms with E-state index in [-0.39, 0.29) is 0 Å². The van der Waals surface area contributed by atoms with E-state index < -0.39 is 0 Å². The van der Waals surface area contributed by atoms with Crippen molar-refractivity contribution in [1.82, 2.24) is 20.0 Å². The van der Waals surface area contributed by atoms with Gasteiger partial charge in [0.2, 0.25) is 0 Å². The lowest BCUT2D eigenvalue weighted by atomic mass is 9.78. The largest absolute Gasteiger partial charge is 0.311 e. The van der Waals surface area contributed by atoms with Gasteiger partial charge in [-0.05, 0) is 39.9 Å². The van der Waals surface area contributed by atoms with E-state index in [9.17, 15) is 0 Å². The van der Waals surface area contributed by atoms with Gasteiger partial charge in [0.15, 0.2) is 0 Å². The van der Waals surface area contributed by atoms with Gasteiger partial charge in [-0.2, -0.15) is 5.10 Å². The average molecular weight is 271 g/mol. The molecule has 1 unspecified atom stereocenters. The minimum absolute atomic E-state index is 0.343. The number of hydrogen-bond acceptors (Lipinski definition) is 3. The quantitative estimate of drug-likeness (QED) is 0.860. The molecule has 1 heterocycles. The first-order valence-electron chi connectivity index (χ1n) is 6.66. The third-order valence-corrected chi connectivity index (χ3v) is 4.11. The molecule has 0 spiro atoms. The molecular weight excluding hydrogens is 248 g/mol. The highest BCUT2D eigenvalue weighted by Crippen LogP contribution is 2.39. The van der Waals surface area contributed by atoms with Crippen LogP contribution < -0.4 is 5.32 Å². The van der Waals surface area contributed by atoms with Crippen molar-refractivity contribution in [2.75, 3.05) is 27.7 Å². The molecular formula is C13H23ClN4. The van der Waals surface area contributed by atoms with E-state index in [1.165, 1.54) is 19.3 Å². The van der Waals surface area contributed by atoms with Gasteiger partial charge >= 0.3 is 0 Å². The second-order valence-electron chi connectivity index (χ2n) is 5.36. The molecule has 2 rings (SSSR count). The van der Waals surface area contributed by atoms with Crippen molar-refractivity contribution < 1.29 is 0 Å². The highest BCUT2D eigenvalue weighted by atomic mass is 35.5. The van der Waals surface area contributed by atoms with Crippen molar-refractivity contribution in [3.8, 4) is 0 Å². The van der Waals surface area contributed by atoms with Crippen molar-refractivity contribution in [2.45, 2.75) is 31.8 Å². The van der Waals surface area contributed by atoms with Crippen LogP contribution in [0.5, 0.6) is 0 Å². The summed E-state index contributed by atoms with van der Waals surface area (Å²) < 4.78 is 2.06. The van der Waals surface area contributed by atoms with Gasteiger partial charge in [-0.3, -0.25) is 4.68 Å². The van der Waals surface area contributed by atoms with Gasteiger partial charge in [0.05, 0.1) is 29.5 Å². The summed E-state index contributed by atoms with van der Waals surface area (Å²) in [5.41, 5.74) is 1.16. The van der Waals surface area contributed by atoms with Gasteiger partial charge in [-0.15, -0.1) is 0 Å². The van der Waals surface area contributed by atoms with Crippen LogP contribution >= 0.6 is 11.6 Å². The molecule has 1 fully saturated rings. The number of aromatic nitrogens is 2. The van der Waals surface area contributed by atoms with Crippen LogP contribution in [-0.2, 0) is 6.54 Å². The third-order valence-electron chi connectivity index (χ3n) is 3.82. The van der Waals surface area contributed by atoms with Crippen LogP contribution in [0.25, 0.3) is 0 Å². The summed E-state index contributed by atoms with van der Waals surface area (Å²) in [4.78, 5) is 2.16. The molecule has 18 heavy (non-hydrogen) atoms. The molecule has 0 aromatic carbocycles. The topological polar surface area (TPSA) is 33.1 Å². The molecule has 1 atom stereocenters. The molecule has 0 bridgehead atoms. The molecule has 0 amide bonds. The van der Waals surface area contributed by atoms with E-state index in [0.717, 1.165) is 23.8 Å². The fourth-order valence-corrected chi connectivity index (χ4v) is 2.78. The highest BCUT2D eigenvalue weighted by Gasteiger charge is 2.31. The monoisotopic (exact) mass is 270 g/mol. The van der Waals surface area contributed by atoms with Crippen molar-refractivity contribution in [2.24, 2.45) is 5.92 Å². The summed E-state index contributed by atoms with van der Waals surface area (Å²) in [6.45, 7) is 1.87. The lowest BCUT2D eigenvalue weighted by molar-refractivity contribution is 0.228. The Hall–Kier alpha value is -0.580. The predicted octanol–water partition coefficient (Wildman–Crippen LogP) is 2.16. The number of rotatable bonds is 6. The van der Waals surface area contributed by atoms with E-state index in [4.69, 9.17) is 11.6 Å². The van der Waals surface area contributed by atoms with E-state index >= 15 is 0 Å². The second kappa shape index (κ2) is 6.04. The zero-order valence-corrected chi connectivity index (χ0v) is 12.2. The number of hydrogen-bond donors (Lipinski definition) is 1. The van der Waals surface area contributed by atoms with Crippen LogP contribution in [0.3, 0.4) is 0 Å². The summed E-state index contributed by atoms with van der Waals surface area (Å²) in [7, 11) is 6.17. The fourth-order valence-electron chi connectivity index (χ4n) is 2.52. The number of likely N-dealkylation sites (N-methyl/N-ethyl adjacent to an activating group) is 1. The lowest BCUT2D eigenvalue weighted by Crippen LogP contribution is -2.32. The first-order valence-corrected chi connectivity index (χ1v) is 7.04. The van der Waals surface area contributed by atoms with Crippen molar-refractivity contribution >= 4 is 11.6 Å². The van der Waals surface area contributed by atoms with E-state index in [1.54, 1.807) is 6.20 Å². The molecule has 0 aliphatic heterocycles. The van der Waals surface area contributed by atoms with Gasteiger partial charge in [0.1, 0.15) is 0 Å². The molecule has 0 radical (unpaired) electrons. The Morgan fingerprint density at radius 1 is 1.56 bits per heavy atom. The van der Waals surface area contributed by atoms with Crippen LogP contribution in [0, 0.1) is 5.92 Å². The molecule has 1 saturated carbocycles. The Bertz CT molecular complexity index is 384. The smallest absolute Gasteiger partial charge is 0.0834 e. The zero-order chi connectivity index (χ0) is 13.1. The standard InChI is InChI=1S/C13H23ClN4/c1-15-12(10-5-4-6-10)13-11(14)9-16-18(13)8-7-17(2)3/h9-10,12,15H,4-8H2,1-3H3. The Kier molecular flexibility index (Phi) is 4.65. The Morgan fingerprint density at radius 3 is 2.78 bits per heavy atom. The van der Waals surface area contributed by atoms with Crippen LogP contribution in [0.1, 0.15) is 31.0 Å². The molecule has 0 saturated heterocycles. The predicted molar refractivity (Wildman–Crippen MR) is 74.9 cm³/mol. The minimum atomic E-state index is 0.343. The van der Waals surface area contributed by atoms with Gasteiger partial charge < -0.3 is 10.2 Å². The SMILES string of the molecule is CNC(c1c(Cl)cnn1CCN(C)C)C1CCC1. The van der Waals surface area contributed by atoms with Crippen LogP contribution in [-0.4, -0.2) is 42.4 Å². The third kappa shape index (κ3) is 2.87. The normalized spacial score (nSPS) is 18.1. The van der Waals surface area contributed by atoms with Gasteiger partial charge in [-0.25, -0.2) is 0 Å². The maximum atomic E-state index is 6.32. The minimum Gasteiger partial charge on any atom is -0.311 e. The molecule has 1 aliphatic rings. The molecule has 4 nitrogen and oxygen atoms in total. The fraction of sp³-hybridized carbons (Fsp3) is 0.769. The van der Waals surface area contributed by atoms with Crippen molar-refractivity contribution in [1.29, 1.82) is 0 Å². The van der Waals surface area contributed by atoms with Gasteiger partial charge in [-0.1, -0.05) is 18.0 Å². The first-order chi connectivity index (χ1) is 8.63. The lowest BCUT2D eigenvalue weighted by Gasteiger charge is -2.34. The number of nitrogens with one attached hydrogen (secondary N) is 1. The number of halogens is 1. The van der Waals surface area contributed by atoms with E-state index in [2.05, 4.69) is 34.1 Å². The Labute approximate surface area is 114 Å². The maximum Gasteiger partial charge on any atom is 0.0834 e. The van der Waals surface area contributed by atoms with Gasteiger partial charge in [0.25, 0.3) is 0 Å². The molecule has 1 aromatic rings. The van der Waals surface area contributed by atoms with E-state index in [0.29, 0.717) is 12.0 Å². The van der Waals surface area contributed by atoms with Crippen molar-refractivity contribution in [3.05, 3.63) is 16.9 Å². The maximum absolute atomic E-state index is 6.32. The van der Waals surface area contributed by atoms with Crippen LogP contribution in [0.2, 0.25) is 5.02 Å². The van der Waals surface area contributed by atoms with Crippen LogP contribution in [0.4, 0.5) is 0 Å². The molecule has 1 aliphatic carbocycles. The first kappa shape index (κ1) is 13.8. The molecule has 1 aromatic heterocycles. The summed E-state index contributed by atoms with van der Waals surface area (Å²) in [5, 5.41) is 8.62. The Morgan fingerprint density at radius 2 is 2.28 bits per heavy atom. The van der Waals surface area contributed by atoms with E-state index in [1.807, 2.05) is 7.05 Å². The summed E-state index contributed by atoms with van der Waals surface area (Å²) in [6, 6.07) is 0.343. The number of nitrogens with zero attached hydrogens (tertiary/aromatic N) is 3. The van der Waals surface area contributed by atoms with Crippen LogP contribution in [0.15, 0.2) is 6.20 Å². The second-order valence-corrected chi connectivity index (χ2v) is 5.77. The molecule has 5 heteroatoms. The zero-order valence-electron chi connectivity index (χ0n) is 11.5. The summed E-state index contributed by atoms with van der Waals surface area (Å²) in [5.74, 6) is 0.710. The average Bonchev–Trinajstić information content (AvgIpc) is 2.62. The Balaban J connectivity index is 2.15.